The van der Waals surface area contributed by atoms with E-state index in [9.17, 15) is 0 Å². The van der Waals surface area contributed by atoms with Gasteiger partial charge in [0.2, 0.25) is 0 Å². The van der Waals surface area contributed by atoms with Gasteiger partial charge in [0.25, 0.3) is 0 Å². The lowest BCUT2D eigenvalue weighted by Gasteiger charge is -2.35. The van der Waals surface area contributed by atoms with Crippen molar-refractivity contribution in [3.63, 3.8) is 0 Å². The molecule has 1 aliphatic heterocycles. The smallest absolute Gasteiger partial charge is 0.0780 e. The Morgan fingerprint density at radius 2 is 1.76 bits per heavy atom. The highest BCUT2D eigenvalue weighted by atomic mass is 15.2. The number of benzene rings is 1. The standard InChI is InChI=1S/C18H23N3/c1-14-5-7-16(8-6-14)18(21-12-10-19-11-13-21)17-15(2)4-3-9-20-17/h3-9,18-19H,10-13H2,1-2H3. The Bertz CT molecular complexity index is 586. The number of piperazine rings is 1. The van der Waals surface area contributed by atoms with Gasteiger partial charge in [-0.3, -0.25) is 9.88 Å². The lowest BCUT2D eigenvalue weighted by atomic mass is 9.97. The predicted molar refractivity (Wildman–Crippen MR) is 86.4 cm³/mol. The van der Waals surface area contributed by atoms with Gasteiger partial charge in [0.1, 0.15) is 0 Å². The first-order valence-electron chi connectivity index (χ1n) is 7.68. The van der Waals surface area contributed by atoms with Crippen molar-refractivity contribution in [1.82, 2.24) is 15.2 Å². The average Bonchev–Trinajstić information content (AvgIpc) is 2.52. The van der Waals surface area contributed by atoms with E-state index in [1.54, 1.807) is 0 Å². The van der Waals surface area contributed by atoms with E-state index in [4.69, 9.17) is 4.98 Å². The maximum Gasteiger partial charge on any atom is 0.0780 e. The lowest BCUT2D eigenvalue weighted by Crippen LogP contribution is -2.45. The molecule has 21 heavy (non-hydrogen) atoms. The summed E-state index contributed by atoms with van der Waals surface area (Å²) in [5.74, 6) is 0. The van der Waals surface area contributed by atoms with E-state index in [0.29, 0.717) is 0 Å². The van der Waals surface area contributed by atoms with Crippen molar-refractivity contribution >= 4 is 0 Å². The zero-order valence-electron chi connectivity index (χ0n) is 12.8. The monoisotopic (exact) mass is 281 g/mol. The van der Waals surface area contributed by atoms with Gasteiger partial charge in [0.05, 0.1) is 11.7 Å². The van der Waals surface area contributed by atoms with Gasteiger partial charge in [-0.05, 0) is 31.0 Å². The maximum absolute atomic E-state index is 4.69. The van der Waals surface area contributed by atoms with Crippen molar-refractivity contribution in [2.24, 2.45) is 0 Å². The van der Waals surface area contributed by atoms with Gasteiger partial charge in [-0.2, -0.15) is 0 Å². The molecule has 0 bridgehead atoms. The number of rotatable bonds is 3. The molecule has 1 aromatic heterocycles. The second kappa shape index (κ2) is 6.37. The molecule has 1 atom stereocenters. The summed E-state index contributed by atoms with van der Waals surface area (Å²) in [5.41, 5.74) is 5.09. The maximum atomic E-state index is 4.69. The first-order chi connectivity index (χ1) is 10.3. The third-order valence-corrected chi connectivity index (χ3v) is 4.22. The van der Waals surface area contributed by atoms with Crippen LogP contribution in [0.5, 0.6) is 0 Å². The number of hydrogen-bond acceptors (Lipinski definition) is 3. The van der Waals surface area contributed by atoms with Gasteiger partial charge in [0, 0.05) is 32.4 Å². The summed E-state index contributed by atoms with van der Waals surface area (Å²) < 4.78 is 0. The van der Waals surface area contributed by atoms with Gasteiger partial charge >= 0.3 is 0 Å². The molecule has 0 aliphatic carbocycles. The molecule has 2 heterocycles. The molecule has 1 fully saturated rings. The summed E-state index contributed by atoms with van der Waals surface area (Å²) in [5, 5.41) is 3.43. The van der Waals surface area contributed by atoms with Crippen LogP contribution in [-0.2, 0) is 0 Å². The molecule has 0 spiro atoms. The van der Waals surface area contributed by atoms with Crippen LogP contribution in [-0.4, -0.2) is 36.1 Å². The zero-order chi connectivity index (χ0) is 14.7. The van der Waals surface area contributed by atoms with Crippen LogP contribution in [0.3, 0.4) is 0 Å². The van der Waals surface area contributed by atoms with Crippen molar-refractivity contribution in [3.05, 3.63) is 65.0 Å². The minimum atomic E-state index is 0.258. The number of aryl methyl sites for hydroxylation is 2. The molecule has 3 heteroatoms. The van der Waals surface area contributed by atoms with Crippen molar-refractivity contribution in [3.8, 4) is 0 Å². The minimum Gasteiger partial charge on any atom is -0.314 e. The van der Waals surface area contributed by atoms with Gasteiger partial charge in [-0.1, -0.05) is 35.9 Å². The molecule has 1 aliphatic rings. The van der Waals surface area contributed by atoms with Gasteiger partial charge in [-0.15, -0.1) is 0 Å². The van der Waals surface area contributed by atoms with Crippen LogP contribution in [0.25, 0.3) is 0 Å². The van der Waals surface area contributed by atoms with Crippen LogP contribution < -0.4 is 5.32 Å². The molecule has 1 saturated heterocycles. The van der Waals surface area contributed by atoms with Crippen LogP contribution in [0, 0.1) is 13.8 Å². The first-order valence-corrected chi connectivity index (χ1v) is 7.68. The molecule has 0 amide bonds. The molecule has 1 aromatic carbocycles. The Hall–Kier alpha value is -1.71. The Morgan fingerprint density at radius 1 is 1.05 bits per heavy atom. The topological polar surface area (TPSA) is 28.2 Å². The Morgan fingerprint density at radius 3 is 2.43 bits per heavy atom. The van der Waals surface area contributed by atoms with Gasteiger partial charge in [0.15, 0.2) is 0 Å². The van der Waals surface area contributed by atoms with E-state index in [2.05, 4.69) is 54.4 Å². The molecular formula is C18H23N3. The molecule has 110 valence electrons. The van der Waals surface area contributed by atoms with Crippen LogP contribution in [0.2, 0.25) is 0 Å². The van der Waals surface area contributed by atoms with E-state index >= 15 is 0 Å². The largest absolute Gasteiger partial charge is 0.314 e. The summed E-state index contributed by atoms with van der Waals surface area (Å²) >= 11 is 0. The molecule has 3 nitrogen and oxygen atoms in total. The number of nitrogens with zero attached hydrogens (tertiary/aromatic N) is 2. The molecule has 3 rings (SSSR count). The first kappa shape index (κ1) is 14.2. The van der Waals surface area contributed by atoms with E-state index < -0.39 is 0 Å². The normalized spacial score (nSPS) is 17.6. The van der Waals surface area contributed by atoms with Crippen molar-refractivity contribution < 1.29 is 0 Å². The van der Waals surface area contributed by atoms with Crippen LogP contribution in [0.15, 0.2) is 42.6 Å². The van der Waals surface area contributed by atoms with Crippen LogP contribution >= 0.6 is 0 Å². The number of aromatic nitrogens is 1. The highest BCUT2D eigenvalue weighted by Gasteiger charge is 2.25. The second-order valence-corrected chi connectivity index (χ2v) is 5.80. The third-order valence-electron chi connectivity index (χ3n) is 4.22. The van der Waals surface area contributed by atoms with E-state index in [-0.39, 0.29) is 6.04 Å². The zero-order valence-corrected chi connectivity index (χ0v) is 12.8. The molecular weight excluding hydrogens is 258 g/mol. The highest BCUT2D eigenvalue weighted by molar-refractivity contribution is 5.34. The fraction of sp³-hybridized carbons (Fsp3) is 0.389. The summed E-state index contributed by atoms with van der Waals surface area (Å²) in [4.78, 5) is 7.23. The van der Waals surface area contributed by atoms with E-state index in [1.807, 2.05) is 12.3 Å². The Kier molecular flexibility index (Phi) is 4.32. The fourth-order valence-electron chi connectivity index (χ4n) is 3.01. The Balaban J connectivity index is 2.01. The minimum absolute atomic E-state index is 0.258. The summed E-state index contributed by atoms with van der Waals surface area (Å²) in [7, 11) is 0. The summed E-state index contributed by atoms with van der Waals surface area (Å²) in [6.07, 6.45) is 1.91. The molecule has 1 unspecified atom stereocenters. The van der Waals surface area contributed by atoms with Crippen molar-refractivity contribution in [2.75, 3.05) is 26.2 Å². The van der Waals surface area contributed by atoms with Crippen LogP contribution in [0.1, 0.15) is 28.4 Å². The number of nitrogens with one attached hydrogen (secondary N) is 1. The Labute approximate surface area is 127 Å². The van der Waals surface area contributed by atoms with Gasteiger partial charge in [-0.25, -0.2) is 0 Å². The molecule has 2 aromatic rings. The quantitative estimate of drug-likeness (QED) is 0.937. The average molecular weight is 281 g/mol. The highest BCUT2D eigenvalue weighted by Crippen LogP contribution is 2.29. The number of hydrogen-bond donors (Lipinski definition) is 1. The molecule has 1 N–H and O–H groups in total. The van der Waals surface area contributed by atoms with E-state index in [0.717, 1.165) is 26.2 Å². The molecule has 0 saturated carbocycles. The van der Waals surface area contributed by atoms with Crippen molar-refractivity contribution in [1.29, 1.82) is 0 Å². The van der Waals surface area contributed by atoms with Crippen LogP contribution in [0.4, 0.5) is 0 Å². The SMILES string of the molecule is Cc1ccc(C(c2ncccc2C)N2CCNCC2)cc1. The number of pyridine rings is 1. The summed E-state index contributed by atoms with van der Waals surface area (Å²) in [6, 6.07) is 13.3. The van der Waals surface area contributed by atoms with E-state index in [1.165, 1.54) is 22.4 Å². The lowest BCUT2D eigenvalue weighted by molar-refractivity contribution is 0.195. The van der Waals surface area contributed by atoms with Crippen molar-refractivity contribution in [2.45, 2.75) is 19.9 Å². The molecule has 0 radical (unpaired) electrons. The van der Waals surface area contributed by atoms with Gasteiger partial charge < -0.3 is 5.32 Å². The second-order valence-electron chi connectivity index (χ2n) is 5.80. The third kappa shape index (κ3) is 3.14. The summed E-state index contributed by atoms with van der Waals surface area (Å²) in [6.45, 7) is 8.52. The predicted octanol–water partition coefficient (Wildman–Crippen LogP) is 2.69. The fourth-order valence-corrected chi connectivity index (χ4v) is 3.01.